The Morgan fingerprint density at radius 2 is 1.81 bits per heavy atom. The molecule has 166 valence electrons. The number of likely N-dealkylation sites (tertiary alicyclic amines) is 1. The van der Waals surface area contributed by atoms with Crippen LogP contribution in [0.4, 0.5) is 13.6 Å². The minimum absolute atomic E-state index is 0.0694. The summed E-state index contributed by atoms with van der Waals surface area (Å²) in [6, 6.07) is 8.37. The Morgan fingerprint density at radius 3 is 2.42 bits per heavy atom. The minimum Gasteiger partial charge on any atom is -0.489 e. The lowest BCUT2D eigenvalue weighted by atomic mass is 10.0. The fourth-order valence-corrected chi connectivity index (χ4v) is 3.57. The number of rotatable bonds is 5. The molecule has 2 aromatic carbocycles. The van der Waals surface area contributed by atoms with Crippen molar-refractivity contribution in [2.45, 2.75) is 57.9 Å². The van der Waals surface area contributed by atoms with Crippen LogP contribution in [-0.2, 0) is 16.1 Å². The van der Waals surface area contributed by atoms with E-state index in [0.29, 0.717) is 5.56 Å². The molecule has 2 aromatic rings. The number of ether oxygens (including phenoxy) is 2. The molecule has 8 heteroatoms. The van der Waals surface area contributed by atoms with E-state index in [-0.39, 0.29) is 30.8 Å². The van der Waals surface area contributed by atoms with Crippen molar-refractivity contribution < 1.29 is 33.0 Å². The van der Waals surface area contributed by atoms with Crippen molar-refractivity contribution in [2.24, 2.45) is 0 Å². The normalized spacial score (nSPS) is 18.7. The van der Waals surface area contributed by atoms with Crippen LogP contribution < -0.4 is 4.74 Å². The second-order valence-corrected chi connectivity index (χ2v) is 8.40. The highest BCUT2D eigenvalue weighted by Gasteiger charge is 2.44. The van der Waals surface area contributed by atoms with Gasteiger partial charge in [0.2, 0.25) is 0 Å². The van der Waals surface area contributed by atoms with Crippen molar-refractivity contribution in [2.75, 3.05) is 0 Å². The van der Waals surface area contributed by atoms with Crippen LogP contribution >= 0.6 is 0 Å². The number of halogens is 2. The first-order valence-electron chi connectivity index (χ1n) is 9.96. The highest BCUT2D eigenvalue weighted by molar-refractivity contribution is 5.81. The number of carboxylic acid groups (broad SMARTS) is 1. The quantitative estimate of drug-likeness (QED) is 0.713. The molecular weight excluding hydrogens is 408 g/mol. The van der Waals surface area contributed by atoms with Crippen LogP contribution in [0, 0.1) is 11.6 Å². The van der Waals surface area contributed by atoms with E-state index in [2.05, 4.69) is 0 Å². The molecule has 0 spiro atoms. The molecule has 31 heavy (non-hydrogen) atoms. The fourth-order valence-electron chi connectivity index (χ4n) is 3.57. The molecule has 3 rings (SSSR count). The molecule has 0 unspecified atom stereocenters. The van der Waals surface area contributed by atoms with Gasteiger partial charge in [0.25, 0.3) is 0 Å². The highest BCUT2D eigenvalue weighted by Crippen LogP contribution is 2.39. The van der Waals surface area contributed by atoms with Gasteiger partial charge in [0.1, 0.15) is 35.6 Å². The zero-order chi connectivity index (χ0) is 22.8. The monoisotopic (exact) mass is 433 g/mol. The smallest absolute Gasteiger partial charge is 0.411 e. The van der Waals surface area contributed by atoms with Gasteiger partial charge in [-0.3, -0.25) is 4.90 Å². The fraction of sp³-hybridized carbons (Fsp3) is 0.391. The number of benzene rings is 2. The summed E-state index contributed by atoms with van der Waals surface area (Å²) in [5.41, 5.74) is -0.313. The van der Waals surface area contributed by atoms with Gasteiger partial charge in [0, 0.05) is 17.2 Å². The van der Waals surface area contributed by atoms with E-state index in [0.717, 1.165) is 11.0 Å². The molecule has 1 amide bonds. The standard InChI is InChI=1S/C23H25F2NO5/c1-23(2,3)31-22(29)26-19(10-11-20(26)21(27)28)16-9-8-15(12-18(16)25)30-13-14-6-4-5-7-17(14)24/h4-9,12,19-20H,10-11,13H2,1-3H3,(H,27,28)/t19-,20+/m1/s1. The first kappa shape index (κ1) is 22.5. The number of aliphatic carboxylic acids is 1. The molecule has 0 aromatic heterocycles. The number of hydrogen-bond donors (Lipinski definition) is 1. The number of amides is 1. The van der Waals surface area contributed by atoms with Gasteiger partial charge in [-0.1, -0.05) is 24.3 Å². The molecule has 1 saturated heterocycles. The van der Waals surface area contributed by atoms with Crippen molar-refractivity contribution in [1.29, 1.82) is 0 Å². The van der Waals surface area contributed by atoms with Crippen LogP contribution in [0.15, 0.2) is 42.5 Å². The van der Waals surface area contributed by atoms with Crippen molar-refractivity contribution in [1.82, 2.24) is 4.90 Å². The molecule has 1 aliphatic rings. The maximum atomic E-state index is 14.9. The maximum absolute atomic E-state index is 14.9. The minimum atomic E-state index is -1.17. The maximum Gasteiger partial charge on any atom is 0.411 e. The van der Waals surface area contributed by atoms with Crippen molar-refractivity contribution >= 4 is 12.1 Å². The Hall–Kier alpha value is -3.16. The summed E-state index contributed by atoms with van der Waals surface area (Å²) < 4.78 is 39.5. The third-order valence-corrected chi connectivity index (χ3v) is 4.96. The van der Waals surface area contributed by atoms with Crippen LogP contribution in [0.2, 0.25) is 0 Å². The van der Waals surface area contributed by atoms with E-state index < -0.39 is 41.4 Å². The zero-order valence-electron chi connectivity index (χ0n) is 17.6. The van der Waals surface area contributed by atoms with E-state index in [9.17, 15) is 23.5 Å². The topological polar surface area (TPSA) is 76.1 Å². The van der Waals surface area contributed by atoms with Crippen LogP contribution in [-0.4, -0.2) is 33.7 Å². The average molecular weight is 433 g/mol. The molecule has 0 aliphatic carbocycles. The van der Waals surface area contributed by atoms with E-state index in [1.54, 1.807) is 39.0 Å². The van der Waals surface area contributed by atoms with Gasteiger partial charge >= 0.3 is 12.1 Å². The van der Waals surface area contributed by atoms with Gasteiger partial charge in [-0.05, 0) is 45.7 Å². The van der Waals surface area contributed by atoms with Crippen LogP contribution in [0.5, 0.6) is 5.75 Å². The number of carbonyl (C=O) groups excluding carboxylic acids is 1. The van der Waals surface area contributed by atoms with Crippen molar-refractivity contribution in [3.05, 3.63) is 65.2 Å². The lowest BCUT2D eigenvalue weighted by Gasteiger charge is -2.31. The van der Waals surface area contributed by atoms with Gasteiger partial charge in [-0.15, -0.1) is 0 Å². The Kier molecular flexibility index (Phi) is 6.48. The second kappa shape index (κ2) is 8.91. The molecule has 1 aliphatic heterocycles. The first-order chi connectivity index (χ1) is 14.6. The predicted molar refractivity (Wildman–Crippen MR) is 109 cm³/mol. The van der Waals surface area contributed by atoms with Gasteiger partial charge in [-0.25, -0.2) is 18.4 Å². The molecule has 2 atom stereocenters. The van der Waals surface area contributed by atoms with E-state index in [4.69, 9.17) is 9.47 Å². The lowest BCUT2D eigenvalue weighted by molar-refractivity contribution is -0.142. The molecule has 1 heterocycles. The summed E-state index contributed by atoms with van der Waals surface area (Å²) in [6.07, 6.45) is -0.339. The summed E-state index contributed by atoms with van der Waals surface area (Å²) in [6.45, 7) is 4.95. The molecule has 0 bridgehead atoms. The van der Waals surface area contributed by atoms with E-state index in [1.165, 1.54) is 18.2 Å². The third kappa shape index (κ3) is 5.31. The summed E-state index contributed by atoms with van der Waals surface area (Å²) in [5, 5.41) is 9.52. The molecule has 1 N–H and O–H groups in total. The van der Waals surface area contributed by atoms with Crippen LogP contribution in [0.3, 0.4) is 0 Å². The van der Waals surface area contributed by atoms with Crippen LogP contribution in [0.1, 0.15) is 50.8 Å². The van der Waals surface area contributed by atoms with E-state index >= 15 is 0 Å². The number of nitrogens with zero attached hydrogens (tertiary/aromatic N) is 1. The second-order valence-electron chi connectivity index (χ2n) is 8.40. The summed E-state index contributed by atoms with van der Waals surface area (Å²) in [7, 11) is 0. The Bertz CT molecular complexity index is 973. The number of carbonyl (C=O) groups is 2. The molecule has 1 fully saturated rings. The Morgan fingerprint density at radius 1 is 1.10 bits per heavy atom. The summed E-state index contributed by atoms with van der Waals surface area (Å²) >= 11 is 0. The number of hydrogen-bond acceptors (Lipinski definition) is 4. The highest BCUT2D eigenvalue weighted by atomic mass is 19.1. The van der Waals surface area contributed by atoms with Gasteiger partial charge in [0.15, 0.2) is 0 Å². The van der Waals surface area contributed by atoms with Crippen molar-refractivity contribution in [3.8, 4) is 5.75 Å². The van der Waals surface area contributed by atoms with Gasteiger partial charge in [-0.2, -0.15) is 0 Å². The summed E-state index contributed by atoms with van der Waals surface area (Å²) in [5.74, 6) is -2.03. The molecule has 0 radical (unpaired) electrons. The molecular formula is C23H25F2NO5. The largest absolute Gasteiger partial charge is 0.489 e. The Balaban J connectivity index is 1.80. The lowest BCUT2D eigenvalue weighted by Crippen LogP contribution is -2.44. The Labute approximate surface area is 179 Å². The summed E-state index contributed by atoms with van der Waals surface area (Å²) in [4.78, 5) is 25.4. The van der Waals surface area contributed by atoms with Gasteiger partial charge < -0.3 is 14.6 Å². The predicted octanol–water partition coefficient (Wildman–Crippen LogP) is 5.07. The number of carboxylic acids is 1. The van der Waals surface area contributed by atoms with Crippen molar-refractivity contribution in [3.63, 3.8) is 0 Å². The third-order valence-electron chi connectivity index (χ3n) is 4.96. The SMILES string of the molecule is CC(C)(C)OC(=O)N1[C@@H](c2ccc(OCc3ccccc3F)cc2F)CC[C@H]1C(=O)O. The molecule has 6 nitrogen and oxygen atoms in total. The van der Waals surface area contributed by atoms with E-state index in [1.807, 2.05) is 0 Å². The molecule has 0 saturated carbocycles. The zero-order valence-corrected chi connectivity index (χ0v) is 17.6. The first-order valence-corrected chi connectivity index (χ1v) is 9.96. The average Bonchev–Trinajstić information content (AvgIpc) is 3.11. The van der Waals surface area contributed by atoms with Gasteiger partial charge in [0.05, 0.1) is 6.04 Å². The van der Waals surface area contributed by atoms with Crippen LogP contribution in [0.25, 0.3) is 0 Å².